The van der Waals surface area contributed by atoms with Gasteiger partial charge in [-0.05, 0) is 22.4 Å². The first-order valence-electron chi connectivity index (χ1n) is 5.27. The maximum atomic E-state index is 13.3. The Bertz CT molecular complexity index is 533. The number of hydrogen-bond acceptors (Lipinski definition) is 2. The van der Waals surface area contributed by atoms with E-state index in [1.54, 1.807) is 18.2 Å². The van der Waals surface area contributed by atoms with E-state index >= 15 is 0 Å². The van der Waals surface area contributed by atoms with Crippen LogP contribution in [0.5, 0.6) is 0 Å². The number of hydrogen-bond donors (Lipinski definition) is 2. The Morgan fingerprint density at radius 3 is 2.33 bits per heavy atom. The normalized spacial score (nSPS) is 13.1. The number of aliphatic hydroxyl groups excluding tert-OH is 1. The van der Waals surface area contributed by atoms with Gasteiger partial charge in [-0.15, -0.1) is 12.4 Å². The minimum absolute atomic E-state index is 0. The highest BCUT2D eigenvalue weighted by Crippen LogP contribution is 2.30. The van der Waals surface area contributed by atoms with E-state index in [1.807, 2.05) is 24.3 Å². The summed E-state index contributed by atoms with van der Waals surface area (Å²) >= 11 is 0. The monoisotopic (exact) mass is 273 g/mol. The molecule has 2 nitrogen and oxygen atoms in total. The molecule has 2 rings (SSSR count). The molecule has 3 N–H and O–H groups in total. The van der Waals surface area contributed by atoms with Gasteiger partial charge in [-0.2, -0.15) is 0 Å². The lowest BCUT2D eigenvalue weighted by molar-refractivity contribution is -0.0711. The second kappa shape index (κ2) is 5.61. The third-order valence-corrected chi connectivity index (χ3v) is 2.80. The molecule has 18 heavy (non-hydrogen) atoms. The number of halogens is 3. The Labute approximate surface area is 110 Å². The van der Waals surface area contributed by atoms with Gasteiger partial charge in [0.1, 0.15) is 6.61 Å². The molecular formula is C13H14ClF2NO. The summed E-state index contributed by atoms with van der Waals surface area (Å²) in [5.74, 6) is -3.30. The molecule has 0 bridgehead atoms. The molecule has 0 aliphatic carbocycles. The minimum Gasteiger partial charge on any atom is -0.390 e. The van der Waals surface area contributed by atoms with Crippen molar-refractivity contribution in [2.45, 2.75) is 12.0 Å². The predicted molar refractivity (Wildman–Crippen MR) is 70.2 cm³/mol. The van der Waals surface area contributed by atoms with Gasteiger partial charge in [-0.1, -0.05) is 36.4 Å². The van der Waals surface area contributed by atoms with Crippen LogP contribution in [-0.2, 0) is 0 Å². The molecule has 0 aliphatic heterocycles. The van der Waals surface area contributed by atoms with E-state index in [9.17, 15) is 8.78 Å². The lowest BCUT2D eigenvalue weighted by Gasteiger charge is -2.21. The van der Waals surface area contributed by atoms with Gasteiger partial charge in [0.2, 0.25) is 0 Å². The molecule has 0 aromatic heterocycles. The van der Waals surface area contributed by atoms with Crippen molar-refractivity contribution in [1.82, 2.24) is 0 Å². The Kier molecular flexibility index (Phi) is 4.62. The van der Waals surface area contributed by atoms with Crippen LogP contribution in [-0.4, -0.2) is 17.6 Å². The van der Waals surface area contributed by atoms with E-state index in [4.69, 9.17) is 10.8 Å². The van der Waals surface area contributed by atoms with Crippen molar-refractivity contribution < 1.29 is 13.9 Å². The number of nitrogens with two attached hydrogens (primary N) is 1. The van der Waals surface area contributed by atoms with Crippen LogP contribution in [0.25, 0.3) is 10.8 Å². The van der Waals surface area contributed by atoms with Gasteiger partial charge in [0.15, 0.2) is 0 Å². The van der Waals surface area contributed by atoms with E-state index in [0.717, 1.165) is 10.8 Å². The molecule has 1 atom stereocenters. The number of fused-ring (bicyclic) bond motifs is 1. The number of aliphatic hydroxyl groups is 1. The van der Waals surface area contributed by atoms with Crippen LogP contribution < -0.4 is 5.73 Å². The highest BCUT2D eigenvalue weighted by Gasteiger charge is 2.37. The van der Waals surface area contributed by atoms with Crippen molar-refractivity contribution in [3.63, 3.8) is 0 Å². The van der Waals surface area contributed by atoms with Crippen molar-refractivity contribution in [2.75, 3.05) is 6.61 Å². The van der Waals surface area contributed by atoms with Gasteiger partial charge in [-0.3, -0.25) is 0 Å². The molecule has 0 saturated heterocycles. The van der Waals surface area contributed by atoms with Crippen molar-refractivity contribution in [1.29, 1.82) is 0 Å². The van der Waals surface area contributed by atoms with Crippen molar-refractivity contribution in [3.8, 4) is 0 Å². The van der Waals surface area contributed by atoms with Crippen molar-refractivity contribution in [2.24, 2.45) is 5.73 Å². The van der Waals surface area contributed by atoms with Crippen molar-refractivity contribution >= 4 is 23.2 Å². The molecule has 0 saturated carbocycles. The Balaban J connectivity index is 0.00000162. The molecule has 2 aromatic carbocycles. The molecule has 0 spiro atoms. The predicted octanol–water partition coefficient (Wildman–Crippen LogP) is 2.89. The van der Waals surface area contributed by atoms with E-state index in [0.29, 0.717) is 5.56 Å². The zero-order valence-electron chi connectivity index (χ0n) is 9.51. The lowest BCUT2D eigenvalue weighted by atomic mass is 9.98. The van der Waals surface area contributed by atoms with Crippen LogP contribution >= 0.6 is 12.4 Å². The van der Waals surface area contributed by atoms with Gasteiger partial charge in [0.05, 0.1) is 6.04 Å². The highest BCUT2D eigenvalue weighted by molar-refractivity contribution is 5.85. The summed E-state index contributed by atoms with van der Waals surface area (Å²) in [4.78, 5) is 0. The summed E-state index contributed by atoms with van der Waals surface area (Å²) < 4.78 is 26.5. The molecule has 98 valence electrons. The molecule has 0 unspecified atom stereocenters. The SMILES string of the molecule is Cl.N[C@@H](c1ccc2ccccc2c1)C(F)(F)CO. The fraction of sp³-hybridized carbons (Fsp3) is 0.231. The third kappa shape index (κ3) is 2.77. The van der Waals surface area contributed by atoms with E-state index in [2.05, 4.69) is 0 Å². The number of alkyl halides is 2. The molecule has 0 radical (unpaired) electrons. The summed E-state index contributed by atoms with van der Waals surface area (Å²) in [7, 11) is 0. The first-order valence-corrected chi connectivity index (χ1v) is 5.27. The average Bonchev–Trinajstić information content (AvgIpc) is 2.37. The molecule has 0 fully saturated rings. The standard InChI is InChI=1S/C13H13F2NO.ClH/c14-13(15,8-17)12(16)11-6-5-9-3-1-2-4-10(9)7-11;/h1-7,12,17H,8,16H2;1H/t12-;/m0./s1. The summed E-state index contributed by atoms with van der Waals surface area (Å²) in [5, 5.41) is 10.4. The van der Waals surface area contributed by atoms with Gasteiger partial charge in [0, 0.05) is 0 Å². The number of rotatable bonds is 3. The van der Waals surface area contributed by atoms with Crippen LogP contribution in [0, 0.1) is 0 Å². The van der Waals surface area contributed by atoms with Crippen LogP contribution in [0.2, 0.25) is 0 Å². The second-order valence-electron chi connectivity index (χ2n) is 4.00. The summed E-state index contributed by atoms with van der Waals surface area (Å²) in [5.41, 5.74) is 5.79. The second-order valence-corrected chi connectivity index (χ2v) is 4.00. The summed E-state index contributed by atoms with van der Waals surface area (Å²) in [6.07, 6.45) is 0. The van der Waals surface area contributed by atoms with Gasteiger partial charge in [0.25, 0.3) is 5.92 Å². The molecule has 0 aliphatic rings. The molecule has 5 heteroatoms. The quantitative estimate of drug-likeness (QED) is 0.903. The number of benzene rings is 2. The summed E-state index contributed by atoms with van der Waals surface area (Å²) in [6.45, 7) is -1.25. The van der Waals surface area contributed by atoms with Gasteiger partial charge < -0.3 is 10.8 Å². The topological polar surface area (TPSA) is 46.2 Å². The summed E-state index contributed by atoms with van der Waals surface area (Å²) in [6, 6.07) is 10.9. The van der Waals surface area contributed by atoms with Gasteiger partial charge >= 0.3 is 0 Å². The lowest BCUT2D eigenvalue weighted by Crippen LogP contribution is -2.36. The van der Waals surface area contributed by atoms with Crippen LogP contribution in [0.3, 0.4) is 0 Å². The molecular weight excluding hydrogens is 260 g/mol. The fourth-order valence-corrected chi connectivity index (χ4v) is 1.74. The van der Waals surface area contributed by atoms with E-state index in [-0.39, 0.29) is 12.4 Å². The minimum atomic E-state index is -3.30. The van der Waals surface area contributed by atoms with Gasteiger partial charge in [-0.25, -0.2) is 8.78 Å². The van der Waals surface area contributed by atoms with E-state index in [1.165, 1.54) is 0 Å². The van der Waals surface area contributed by atoms with Crippen LogP contribution in [0.4, 0.5) is 8.78 Å². The van der Waals surface area contributed by atoms with E-state index < -0.39 is 18.6 Å². The zero-order valence-corrected chi connectivity index (χ0v) is 10.3. The maximum absolute atomic E-state index is 13.3. The zero-order chi connectivity index (χ0) is 12.5. The third-order valence-electron chi connectivity index (χ3n) is 2.80. The maximum Gasteiger partial charge on any atom is 0.289 e. The molecule has 2 aromatic rings. The molecule has 0 amide bonds. The van der Waals surface area contributed by atoms with Crippen molar-refractivity contribution in [3.05, 3.63) is 48.0 Å². The van der Waals surface area contributed by atoms with Crippen LogP contribution in [0.1, 0.15) is 11.6 Å². The molecule has 0 heterocycles. The Morgan fingerprint density at radius 2 is 1.72 bits per heavy atom. The highest BCUT2D eigenvalue weighted by atomic mass is 35.5. The largest absolute Gasteiger partial charge is 0.390 e. The first kappa shape index (κ1) is 14.8. The van der Waals surface area contributed by atoms with Crippen LogP contribution in [0.15, 0.2) is 42.5 Å². The smallest absolute Gasteiger partial charge is 0.289 e. The average molecular weight is 274 g/mol. The Hall–Kier alpha value is -1.23. The fourth-order valence-electron chi connectivity index (χ4n) is 1.74. The first-order chi connectivity index (χ1) is 8.04. The Morgan fingerprint density at radius 1 is 1.11 bits per heavy atom.